The highest BCUT2D eigenvalue weighted by atomic mass is 16.7. The number of rotatable bonds is 5. The van der Waals surface area contributed by atoms with Crippen LogP contribution >= 0.6 is 0 Å². The smallest absolute Gasteiger partial charge is 0.202 e. The molecule has 0 saturated carbocycles. The van der Waals surface area contributed by atoms with Gasteiger partial charge in [-0.2, -0.15) is 5.10 Å². The minimum atomic E-state index is -0.454. The molecule has 0 heterocycles. The fourth-order valence-electron chi connectivity index (χ4n) is 1.38. The van der Waals surface area contributed by atoms with Gasteiger partial charge in [-0.3, -0.25) is 0 Å². The minimum absolute atomic E-state index is 0.454. The van der Waals surface area contributed by atoms with Crippen LogP contribution in [0.25, 0.3) is 0 Å². The van der Waals surface area contributed by atoms with Gasteiger partial charge in [-0.1, -0.05) is 30.3 Å². The fraction of sp³-hybridized carbons (Fsp3) is 0.417. The van der Waals surface area contributed by atoms with Crippen molar-refractivity contribution < 1.29 is 9.47 Å². The molecule has 4 heteroatoms. The van der Waals surface area contributed by atoms with Crippen molar-refractivity contribution in [3.63, 3.8) is 0 Å². The normalized spacial score (nSPS) is 11.9. The Kier molecular flexibility index (Phi) is 4.95. The standard InChI is InChI=1S/C12H18N2O2/c1-14(2)13-11(12(15-3)16-4)10-8-6-5-7-9-10/h5-9,12H,1-4H3. The highest BCUT2D eigenvalue weighted by Gasteiger charge is 2.16. The largest absolute Gasteiger partial charge is 0.350 e. The quantitative estimate of drug-likeness (QED) is 0.431. The van der Waals surface area contributed by atoms with Crippen molar-refractivity contribution in [3.05, 3.63) is 35.9 Å². The van der Waals surface area contributed by atoms with Crippen LogP contribution in [0.15, 0.2) is 35.4 Å². The summed E-state index contributed by atoms with van der Waals surface area (Å²) >= 11 is 0. The summed E-state index contributed by atoms with van der Waals surface area (Å²) in [7, 11) is 6.93. The van der Waals surface area contributed by atoms with Gasteiger partial charge in [0.25, 0.3) is 0 Å². The number of hydrogen-bond donors (Lipinski definition) is 0. The topological polar surface area (TPSA) is 34.1 Å². The molecule has 0 spiro atoms. The van der Waals surface area contributed by atoms with Crippen molar-refractivity contribution in [2.45, 2.75) is 6.29 Å². The number of hydrogen-bond acceptors (Lipinski definition) is 4. The summed E-state index contributed by atoms with van der Waals surface area (Å²) < 4.78 is 10.5. The van der Waals surface area contributed by atoms with Crippen molar-refractivity contribution in [2.24, 2.45) is 5.10 Å². The van der Waals surface area contributed by atoms with Gasteiger partial charge < -0.3 is 14.5 Å². The van der Waals surface area contributed by atoms with Crippen LogP contribution in [-0.4, -0.2) is 45.3 Å². The first-order valence-electron chi connectivity index (χ1n) is 5.06. The second-order valence-electron chi connectivity index (χ2n) is 3.50. The van der Waals surface area contributed by atoms with Gasteiger partial charge in [0.05, 0.1) is 0 Å². The van der Waals surface area contributed by atoms with Crippen molar-refractivity contribution in [2.75, 3.05) is 28.3 Å². The monoisotopic (exact) mass is 222 g/mol. The lowest BCUT2D eigenvalue weighted by Crippen LogP contribution is -2.28. The number of ether oxygens (including phenoxy) is 2. The Morgan fingerprint density at radius 1 is 1.12 bits per heavy atom. The summed E-state index contributed by atoms with van der Waals surface area (Å²) in [5.41, 5.74) is 1.75. The van der Waals surface area contributed by atoms with E-state index in [0.717, 1.165) is 11.3 Å². The molecule has 0 unspecified atom stereocenters. The second kappa shape index (κ2) is 6.25. The van der Waals surface area contributed by atoms with Crippen LogP contribution in [0.2, 0.25) is 0 Å². The Bertz CT molecular complexity index is 332. The Morgan fingerprint density at radius 2 is 1.69 bits per heavy atom. The first kappa shape index (κ1) is 12.7. The number of hydrazone groups is 1. The molecule has 16 heavy (non-hydrogen) atoms. The molecule has 88 valence electrons. The van der Waals surface area contributed by atoms with Gasteiger partial charge in [0, 0.05) is 33.9 Å². The zero-order valence-corrected chi connectivity index (χ0v) is 10.2. The Balaban J connectivity index is 3.06. The molecule has 0 fully saturated rings. The average molecular weight is 222 g/mol. The maximum atomic E-state index is 5.24. The molecule has 0 bridgehead atoms. The van der Waals surface area contributed by atoms with E-state index in [1.807, 2.05) is 44.4 Å². The van der Waals surface area contributed by atoms with Crippen LogP contribution in [0.5, 0.6) is 0 Å². The fourth-order valence-corrected chi connectivity index (χ4v) is 1.38. The molecule has 0 aliphatic heterocycles. The lowest BCUT2D eigenvalue weighted by atomic mass is 10.1. The minimum Gasteiger partial charge on any atom is -0.350 e. The maximum Gasteiger partial charge on any atom is 0.202 e. The first-order chi connectivity index (χ1) is 7.69. The maximum absolute atomic E-state index is 5.24. The van der Waals surface area contributed by atoms with E-state index < -0.39 is 6.29 Å². The van der Waals surface area contributed by atoms with Gasteiger partial charge in [-0.15, -0.1) is 0 Å². The predicted octanol–water partition coefficient (Wildman–Crippen LogP) is 1.57. The molecule has 0 atom stereocenters. The van der Waals surface area contributed by atoms with Crippen LogP contribution in [0, 0.1) is 0 Å². The summed E-state index contributed by atoms with van der Waals surface area (Å²) in [6, 6.07) is 9.85. The highest BCUT2D eigenvalue weighted by molar-refractivity contribution is 6.02. The number of benzene rings is 1. The first-order valence-corrected chi connectivity index (χ1v) is 5.06. The average Bonchev–Trinajstić information content (AvgIpc) is 2.30. The van der Waals surface area contributed by atoms with E-state index in [0.29, 0.717) is 0 Å². The molecular formula is C12H18N2O2. The van der Waals surface area contributed by atoms with E-state index in [4.69, 9.17) is 9.47 Å². The third-order valence-corrected chi connectivity index (χ3v) is 2.03. The van der Waals surface area contributed by atoms with E-state index in [2.05, 4.69) is 5.10 Å². The Morgan fingerprint density at radius 3 is 2.12 bits per heavy atom. The lowest BCUT2D eigenvalue weighted by molar-refractivity contribution is -0.0522. The molecule has 0 aliphatic carbocycles. The van der Waals surface area contributed by atoms with Crippen LogP contribution < -0.4 is 0 Å². The zero-order valence-electron chi connectivity index (χ0n) is 10.2. The number of nitrogens with zero attached hydrogens (tertiary/aromatic N) is 2. The highest BCUT2D eigenvalue weighted by Crippen LogP contribution is 2.08. The lowest BCUT2D eigenvalue weighted by Gasteiger charge is -2.18. The van der Waals surface area contributed by atoms with Gasteiger partial charge in [0.1, 0.15) is 5.71 Å². The van der Waals surface area contributed by atoms with Gasteiger partial charge in [0.15, 0.2) is 0 Å². The van der Waals surface area contributed by atoms with E-state index in [9.17, 15) is 0 Å². The second-order valence-corrected chi connectivity index (χ2v) is 3.50. The summed E-state index contributed by atoms with van der Waals surface area (Å²) in [6.45, 7) is 0. The van der Waals surface area contributed by atoms with E-state index in [1.165, 1.54) is 0 Å². The summed E-state index contributed by atoms with van der Waals surface area (Å²) in [5, 5.41) is 6.12. The molecular weight excluding hydrogens is 204 g/mol. The van der Waals surface area contributed by atoms with E-state index in [-0.39, 0.29) is 0 Å². The summed E-state index contributed by atoms with van der Waals surface area (Å²) in [5.74, 6) is 0. The summed E-state index contributed by atoms with van der Waals surface area (Å²) in [4.78, 5) is 0. The predicted molar refractivity (Wildman–Crippen MR) is 64.5 cm³/mol. The molecule has 0 saturated heterocycles. The number of methoxy groups -OCH3 is 2. The zero-order chi connectivity index (χ0) is 12.0. The van der Waals surface area contributed by atoms with Gasteiger partial charge in [0.2, 0.25) is 6.29 Å². The van der Waals surface area contributed by atoms with Gasteiger partial charge in [-0.05, 0) is 0 Å². The van der Waals surface area contributed by atoms with Crippen LogP contribution in [0.3, 0.4) is 0 Å². The van der Waals surface area contributed by atoms with Crippen molar-refractivity contribution >= 4 is 5.71 Å². The summed E-state index contributed by atoms with van der Waals surface area (Å²) in [6.07, 6.45) is -0.454. The molecule has 0 aromatic heterocycles. The Labute approximate surface area is 96.5 Å². The van der Waals surface area contributed by atoms with Crippen molar-refractivity contribution in [3.8, 4) is 0 Å². The van der Waals surface area contributed by atoms with E-state index >= 15 is 0 Å². The third kappa shape index (κ3) is 3.32. The molecule has 0 radical (unpaired) electrons. The van der Waals surface area contributed by atoms with Crippen LogP contribution in [0.1, 0.15) is 5.56 Å². The van der Waals surface area contributed by atoms with Crippen molar-refractivity contribution in [1.82, 2.24) is 5.01 Å². The van der Waals surface area contributed by atoms with Crippen LogP contribution in [0.4, 0.5) is 0 Å². The van der Waals surface area contributed by atoms with Gasteiger partial charge >= 0.3 is 0 Å². The molecule has 1 aromatic carbocycles. The SMILES string of the molecule is COC(OC)C(=NN(C)C)c1ccccc1. The molecule has 4 nitrogen and oxygen atoms in total. The molecule has 0 amide bonds. The third-order valence-electron chi connectivity index (χ3n) is 2.03. The Hall–Kier alpha value is -1.39. The van der Waals surface area contributed by atoms with Crippen molar-refractivity contribution in [1.29, 1.82) is 0 Å². The van der Waals surface area contributed by atoms with E-state index in [1.54, 1.807) is 19.2 Å². The molecule has 1 rings (SSSR count). The molecule has 0 N–H and O–H groups in total. The molecule has 0 aliphatic rings. The van der Waals surface area contributed by atoms with Gasteiger partial charge in [-0.25, -0.2) is 0 Å². The molecule has 1 aromatic rings. The van der Waals surface area contributed by atoms with Crippen LogP contribution in [-0.2, 0) is 9.47 Å².